The van der Waals surface area contributed by atoms with Crippen LogP contribution in [0.1, 0.15) is 29.3 Å². The number of carbonyl (C=O) groups is 1. The fourth-order valence-corrected chi connectivity index (χ4v) is 2.96. The van der Waals surface area contributed by atoms with Crippen LogP contribution in [0, 0.1) is 6.92 Å². The number of amides is 1. The Kier molecular flexibility index (Phi) is 6.06. The number of aryl methyl sites for hydroxylation is 1. The molecule has 2 unspecified atom stereocenters. The molecule has 0 bridgehead atoms. The molecular formula is C13H20N2O4S2. The average Bonchev–Trinajstić information content (AvgIpc) is 2.37. The van der Waals surface area contributed by atoms with Gasteiger partial charge in [-0.2, -0.15) is 0 Å². The van der Waals surface area contributed by atoms with Crippen molar-refractivity contribution in [2.45, 2.75) is 30.4 Å². The molecule has 6 nitrogen and oxygen atoms in total. The second-order valence-electron chi connectivity index (χ2n) is 4.88. The maximum absolute atomic E-state index is 12.0. The minimum atomic E-state index is -3.85. The summed E-state index contributed by atoms with van der Waals surface area (Å²) >= 11 is 0. The van der Waals surface area contributed by atoms with Gasteiger partial charge in [0, 0.05) is 34.4 Å². The van der Waals surface area contributed by atoms with E-state index in [1.165, 1.54) is 6.07 Å². The molecule has 0 saturated carbocycles. The highest BCUT2D eigenvalue weighted by Gasteiger charge is 2.15. The summed E-state index contributed by atoms with van der Waals surface area (Å²) in [5, 5.41) is 7.77. The summed E-state index contributed by atoms with van der Waals surface area (Å²) < 4.78 is 34.0. The monoisotopic (exact) mass is 332 g/mol. The Balaban J connectivity index is 2.78. The van der Waals surface area contributed by atoms with Crippen LogP contribution in [-0.4, -0.2) is 36.6 Å². The van der Waals surface area contributed by atoms with Gasteiger partial charge in [-0.25, -0.2) is 13.6 Å². The number of benzene rings is 1. The zero-order valence-corrected chi connectivity index (χ0v) is 13.9. The van der Waals surface area contributed by atoms with Gasteiger partial charge in [0.1, 0.15) is 0 Å². The lowest BCUT2D eigenvalue weighted by molar-refractivity contribution is 0.0953. The van der Waals surface area contributed by atoms with Crippen LogP contribution in [0.5, 0.6) is 0 Å². The van der Waals surface area contributed by atoms with Crippen LogP contribution in [0.3, 0.4) is 0 Å². The molecule has 0 aliphatic heterocycles. The van der Waals surface area contributed by atoms with Crippen LogP contribution in [-0.2, 0) is 20.8 Å². The van der Waals surface area contributed by atoms with Crippen molar-refractivity contribution in [1.29, 1.82) is 0 Å². The van der Waals surface area contributed by atoms with Crippen LogP contribution < -0.4 is 10.5 Å². The maximum Gasteiger partial charge on any atom is 0.251 e. The predicted octanol–water partition coefficient (Wildman–Crippen LogP) is 0.529. The minimum Gasteiger partial charge on any atom is -0.352 e. The molecule has 2 atom stereocenters. The molecule has 1 aromatic rings. The number of hydrogen-bond donors (Lipinski definition) is 2. The molecule has 0 spiro atoms. The van der Waals surface area contributed by atoms with Gasteiger partial charge in [0.2, 0.25) is 10.0 Å². The van der Waals surface area contributed by atoms with Crippen molar-refractivity contribution in [2.24, 2.45) is 5.14 Å². The van der Waals surface area contributed by atoms with Crippen LogP contribution in [0.25, 0.3) is 0 Å². The van der Waals surface area contributed by atoms with Gasteiger partial charge in [-0.15, -0.1) is 0 Å². The molecule has 1 amide bonds. The summed E-state index contributed by atoms with van der Waals surface area (Å²) in [7, 11) is -4.79. The van der Waals surface area contributed by atoms with E-state index in [4.69, 9.17) is 5.14 Å². The quantitative estimate of drug-likeness (QED) is 0.792. The second-order valence-corrected chi connectivity index (χ2v) is 8.21. The van der Waals surface area contributed by atoms with Crippen molar-refractivity contribution in [1.82, 2.24) is 5.32 Å². The molecule has 0 aliphatic carbocycles. The van der Waals surface area contributed by atoms with E-state index < -0.39 is 20.8 Å². The molecule has 1 rings (SSSR count). The van der Waals surface area contributed by atoms with Crippen molar-refractivity contribution >= 4 is 26.7 Å². The number of nitrogens with one attached hydrogen (secondary N) is 1. The highest BCUT2D eigenvalue weighted by Crippen LogP contribution is 2.15. The molecule has 21 heavy (non-hydrogen) atoms. The van der Waals surface area contributed by atoms with Gasteiger partial charge in [-0.3, -0.25) is 9.00 Å². The molecule has 0 aliphatic rings. The van der Waals surface area contributed by atoms with Gasteiger partial charge in [-0.05, 0) is 31.0 Å². The van der Waals surface area contributed by atoms with Crippen molar-refractivity contribution in [3.05, 3.63) is 29.3 Å². The van der Waals surface area contributed by atoms with Crippen LogP contribution in [0.4, 0.5) is 0 Å². The summed E-state index contributed by atoms with van der Waals surface area (Å²) in [4.78, 5) is 11.9. The van der Waals surface area contributed by atoms with Crippen molar-refractivity contribution < 1.29 is 17.4 Å². The van der Waals surface area contributed by atoms with E-state index in [2.05, 4.69) is 5.32 Å². The molecule has 0 heterocycles. The van der Waals surface area contributed by atoms with Gasteiger partial charge >= 0.3 is 0 Å². The average molecular weight is 332 g/mol. The molecule has 8 heteroatoms. The molecule has 0 saturated heterocycles. The molecule has 3 N–H and O–H groups in total. The van der Waals surface area contributed by atoms with Gasteiger partial charge in [0.25, 0.3) is 5.91 Å². The van der Waals surface area contributed by atoms with E-state index in [1.54, 1.807) is 25.3 Å². The lowest BCUT2D eigenvalue weighted by Gasteiger charge is -2.10. The van der Waals surface area contributed by atoms with Crippen molar-refractivity contribution in [3.63, 3.8) is 0 Å². The van der Waals surface area contributed by atoms with Crippen molar-refractivity contribution in [3.8, 4) is 0 Å². The third-order valence-corrected chi connectivity index (χ3v) is 5.58. The Labute approximate surface area is 127 Å². The van der Waals surface area contributed by atoms with Gasteiger partial charge in [0.05, 0.1) is 4.90 Å². The lowest BCUT2D eigenvalue weighted by Crippen LogP contribution is -2.27. The topological polar surface area (TPSA) is 106 Å². The summed E-state index contributed by atoms with van der Waals surface area (Å²) in [6, 6.07) is 4.35. The smallest absolute Gasteiger partial charge is 0.251 e. The molecule has 0 radical (unpaired) electrons. The first kappa shape index (κ1) is 17.8. The minimum absolute atomic E-state index is 0.0108. The Morgan fingerprint density at radius 1 is 1.43 bits per heavy atom. The van der Waals surface area contributed by atoms with Gasteiger partial charge < -0.3 is 5.32 Å². The number of rotatable bonds is 6. The fraction of sp³-hybridized carbons (Fsp3) is 0.462. The largest absolute Gasteiger partial charge is 0.352 e. The number of nitrogens with two attached hydrogens (primary N) is 1. The maximum atomic E-state index is 12.0. The molecule has 1 aromatic carbocycles. The van der Waals surface area contributed by atoms with E-state index in [0.717, 1.165) is 0 Å². The number of sulfonamides is 1. The van der Waals surface area contributed by atoms with Gasteiger partial charge in [0.15, 0.2) is 0 Å². The lowest BCUT2D eigenvalue weighted by atomic mass is 10.1. The first-order valence-corrected chi connectivity index (χ1v) is 9.53. The first-order chi connectivity index (χ1) is 9.62. The Morgan fingerprint density at radius 3 is 2.57 bits per heavy atom. The second kappa shape index (κ2) is 7.15. The molecule has 0 aromatic heterocycles. The van der Waals surface area contributed by atoms with Crippen LogP contribution >= 0.6 is 0 Å². The number of hydrogen-bond acceptors (Lipinski definition) is 4. The third kappa shape index (κ3) is 5.22. The van der Waals surface area contributed by atoms with E-state index >= 15 is 0 Å². The van der Waals surface area contributed by atoms with Crippen molar-refractivity contribution in [2.75, 3.05) is 12.8 Å². The highest BCUT2D eigenvalue weighted by molar-refractivity contribution is 7.89. The first-order valence-electron chi connectivity index (χ1n) is 6.37. The molecular weight excluding hydrogens is 312 g/mol. The zero-order chi connectivity index (χ0) is 16.2. The van der Waals surface area contributed by atoms with E-state index in [1.807, 2.05) is 6.92 Å². The van der Waals surface area contributed by atoms with E-state index in [0.29, 0.717) is 18.5 Å². The van der Waals surface area contributed by atoms with Crippen LogP contribution in [0.2, 0.25) is 0 Å². The molecule has 0 fully saturated rings. The summed E-state index contributed by atoms with van der Waals surface area (Å²) in [6.45, 7) is 3.82. The molecule has 118 valence electrons. The Hall–Kier alpha value is -1.25. The summed E-state index contributed by atoms with van der Waals surface area (Å²) in [5.74, 6) is -0.381. The normalized spacial score (nSPS) is 14.5. The van der Waals surface area contributed by atoms with Crippen LogP contribution in [0.15, 0.2) is 23.1 Å². The SMILES string of the molecule is Cc1ccc(C(=O)NCCC(C)S(C)=O)cc1S(N)(=O)=O. The fourth-order valence-electron chi connectivity index (χ4n) is 1.70. The predicted molar refractivity (Wildman–Crippen MR) is 83.0 cm³/mol. The third-order valence-electron chi connectivity index (χ3n) is 3.16. The van der Waals surface area contributed by atoms with E-state index in [-0.39, 0.29) is 21.6 Å². The standard InChI is InChI=1S/C13H20N2O4S2/c1-9-4-5-11(8-12(9)21(14,18)19)13(16)15-7-6-10(2)20(3)17/h4-5,8,10H,6-7H2,1-3H3,(H,15,16)(H2,14,18,19). The highest BCUT2D eigenvalue weighted by atomic mass is 32.2. The van der Waals surface area contributed by atoms with Gasteiger partial charge in [-0.1, -0.05) is 13.0 Å². The van der Waals surface area contributed by atoms with E-state index in [9.17, 15) is 17.4 Å². The number of carbonyl (C=O) groups excluding carboxylic acids is 1. The Morgan fingerprint density at radius 2 is 2.05 bits per heavy atom. The summed E-state index contributed by atoms with van der Waals surface area (Å²) in [5.41, 5.74) is 0.721. The summed E-state index contributed by atoms with van der Waals surface area (Å²) in [6.07, 6.45) is 2.20. The zero-order valence-electron chi connectivity index (χ0n) is 12.3. The number of primary sulfonamides is 1. The Bertz CT molecular complexity index is 656.